The fraction of sp³-hybridized carbons (Fsp3) is 1.00. The summed E-state index contributed by atoms with van der Waals surface area (Å²) in [5, 5.41) is 0. The Balaban J connectivity index is 3.37. The van der Waals surface area contributed by atoms with Crippen molar-refractivity contribution < 1.29 is 9.57 Å². The van der Waals surface area contributed by atoms with Crippen LogP contribution in [0.4, 0.5) is 0 Å². The molecule has 0 saturated carbocycles. The van der Waals surface area contributed by atoms with Crippen molar-refractivity contribution >= 4 is 0 Å². The van der Waals surface area contributed by atoms with E-state index in [1.807, 2.05) is 13.8 Å². The van der Waals surface area contributed by atoms with E-state index in [0.717, 1.165) is 0 Å². The Kier molecular flexibility index (Phi) is 2.97. The molecule has 0 aliphatic rings. The van der Waals surface area contributed by atoms with Crippen molar-refractivity contribution in [2.45, 2.75) is 19.6 Å². The summed E-state index contributed by atoms with van der Waals surface area (Å²) >= 11 is 0. The predicted octanol–water partition coefficient (Wildman–Crippen LogP) is 0.520. The third-order valence-corrected chi connectivity index (χ3v) is 0.858. The number of methoxy groups -OCH3 is 1. The first-order chi connectivity index (χ1) is 3.62. The van der Waals surface area contributed by atoms with Gasteiger partial charge >= 0.3 is 0 Å². The molecular formula is C5H13NO2. The van der Waals surface area contributed by atoms with Crippen molar-refractivity contribution in [1.82, 2.24) is 5.48 Å². The van der Waals surface area contributed by atoms with Crippen LogP contribution in [0.3, 0.4) is 0 Å². The van der Waals surface area contributed by atoms with E-state index in [-0.39, 0.29) is 5.72 Å². The van der Waals surface area contributed by atoms with Crippen molar-refractivity contribution in [3.63, 3.8) is 0 Å². The SMILES string of the molecule is CONC(C)(C)OC. The summed E-state index contributed by atoms with van der Waals surface area (Å²) in [7, 11) is 3.17. The third-order valence-electron chi connectivity index (χ3n) is 0.858. The van der Waals surface area contributed by atoms with Gasteiger partial charge in [0.25, 0.3) is 0 Å². The molecule has 0 aliphatic carbocycles. The largest absolute Gasteiger partial charge is 0.362 e. The molecule has 3 nitrogen and oxygen atoms in total. The van der Waals surface area contributed by atoms with Crippen molar-refractivity contribution in [2.75, 3.05) is 14.2 Å². The van der Waals surface area contributed by atoms with E-state index in [1.54, 1.807) is 14.2 Å². The lowest BCUT2D eigenvalue weighted by Gasteiger charge is -2.22. The van der Waals surface area contributed by atoms with Gasteiger partial charge in [0.1, 0.15) is 5.72 Å². The zero-order valence-corrected chi connectivity index (χ0v) is 5.82. The number of hydrogen-bond acceptors (Lipinski definition) is 3. The Morgan fingerprint density at radius 2 is 1.75 bits per heavy atom. The molecule has 0 atom stereocenters. The maximum absolute atomic E-state index is 4.94. The fourth-order valence-electron chi connectivity index (χ4n) is 0.287. The molecule has 0 aromatic heterocycles. The molecule has 0 rings (SSSR count). The molecule has 1 N–H and O–H groups in total. The monoisotopic (exact) mass is 119 g/mol. The van der Waals surface area contributed by atoms with Crippen molar-refractivity contribution in [3.8, 4) is 0 Å². The summed E-state index contributed by atoms with van der Waals surface area (Å²) in [5.41, 5.74) is 2.27. The molecule has 0 fully saturated rings. The number of hydrogen-bond donors (Lipinski definition) is 1. The molecule has 0 heterocycles. The van der Waals surface area contributed by atoms with E-state index in [0.29, 0.717) is 0 Å². The van der Waals surface area contributed by atoms with Crippen LogP contribution >= 0.6 is 0 Å². The Labute approximate surface area is 49.9 Å². The van der Waals surface area contributed by atoms with Gasteiger partial charge in [-0.15, -0.1) is 0 Å². The summed E-state index contributed by atoms with van der Waals surface area (Å²) in [5.74, 6) is 0. The zero-order chi connectivity index (χ0) is 6.62. The molecule has 0 spiro atoms. The highest BCUT2D eigenvalue weighted by atomic mass is 16.7. The van der Waals surface area contributed by atoms with Gasteiger partial charge in [-0.05, 0) is 13.8 Å². The van der Waals surface area contributed by atoms with Gasteiger partial charge < -0.3 is 9.57 Å². The van der Waals surface area contributed by atoms with Crippen molar-refractivity contribution in [3.05, 3.63) is 0 Å². The average Bonchev–Trinajstić information content (AvgIpc) is 1.67. The van der Waals surface area contributed by atoms with E-state index in [2.05, 4.69) is 10.3 Å². The maximum Gasteiger partial charge on any atom is 0.135 e. The summed E-state index contributed by atoms with van der Waals surface area (Å²) in [6, 6.07) is 0. The Bertz CT molecular complexity index is 63.4. The minimum absolute atomic E-state index is 0.380. The smallest absolute Gasteiger partial charge is 0.135 e. The molecule has 0 radical (unpaired) electrons. The van der Waals surface area contributed by atoms with Gasteiger partial charge in [-0.2, -0.15) is 5.48 Å². The van der Waals surface area contributed by atoms with Crippen LogP contribution < -0.4 is 5.48 Å². The Morgan fingerprint density at radius 3 is 1.88 bits per heavy atom. The van der Waals surface area contributed by atoms with Crippen LogP contribution in [-0.2, 0) is 9.57 Å². The molecule has 0 saturated heterocycles. The highest BCUT2D eigenvalue weighted by Gasteiger charge is 2.13. The highest BCUT2D eigenvalue weighted by Crippen LogP contribution is 1.99. The normalized spacial score (nSPS) is 12.0. The van der Waals surface area contributed by atoms with Crippen molar-refractivity contribution in [2.24, 2.45) is 0 Å². The molecule has 50 valence electrons. The third kappa shape index (κ3) is 2.96. The number of ether oxygens (including phenoxy) is 1. The first-order valence-corrected chi connectivity index (χ1v) is 2.47. The van der Waals surface area contributed by atoms with Gasteiger partial charge in [0.15, 0.2) is 0 Å². The van der Waals surface area contributed by atoms with Gasteiger partial charge in [0, 0.05) is 7.11 Å². The molecule has 0 bridgehead atoms. The summed E-state index contributed by atoms with van der Waals surface area (Å²) in [6.07, 6.45) is 0. The van der Waals surface area contributed by atoms with Crippen LogP contribution in [-0.4, -0.2) is 19.9 Å². The highest BCUT2D eigenvalue weighted by molar-refractivity contribution is 4.55. The fourth-order valence-corrected chi connectivity index (χ4v) is 0.287. The van der Waals surface area contributed by atoms with E-state index in [1.165, 1.54) is 0 Å². The standard InChI is InChI=1S/C5H13NO2/c1-5(2,7-3)6-8-4/h6H,1-4H3. The van der Waals surface area contributed by atoms with E-state index in [4.69, 9.17) is 4.74 Å². The lowest BCUT2D eigenvalue weighted by atomic mass is 10.3. The lowest BCUT2D eigenvalue weighted by molar-refractivity contribution is -0.112. The Morgan fingerprint density at radius 1 is 1.25 bits per heavy atom. The number of rotatable bonds is 3. The number of nitrogens with one attached hydrogen (secondary N) is 1. The molecule has 0 aromatic carbocycles. The zero-order valence-electron chi connectivity index (χ0n) is 5.82. The second kappa shape index (κ2) is 3.02. The molecule has 0 amide bonds. The van der Waals surface area contributed by atoms with Gasteiger partial charge in [0.2, 0.25) is 0 Å². The van der Waals surface area contributed by atoms with Gasteiger partial charge in [-0.25, -0.2) is 0 Å². The van der Waals surface area contributed by atoms with Crippen LogP contribution in [0.1, 0.15) is 13.8 Å². The first-order valence-electron chi connectivity index (χ1n) is 2.47. The lowest BCUT2D eigenvalue weighted by Crippen LogP contribution is -2.39. The molecule has 8 heavy (non-hydrogen) atoms. The second-order valence-corrected chi connectivity index (χ2v) is 2.02. The summed E-state index contributed by atoms with van der Waals surface area (Å²) in [4.78, 5) is 4.62. The van der Waals surface area contributed by atoms with Crippen LogP contribution in [0, 0.1) is 0 Å². The minimum atomic E-state index is -0.380. The van der Waals surface area contributed by atoms with E-state index < -0.39 is 0 Å². The summed E-state index contributed by atoms with van der Waals surface area (Å²) < 4.78 is 4.94. The Hall–Kier alpha value is -0.120. The van der Waals surface area contributed by atoms with Crippen LogP contribution in [0.15, 0.2) is 0 Å². The topological polar surface area (TPSA) is 30.5 Å². The molecule has 0 aromatic rings. The first kappa shape index (κ1) is 7.88. The number of hydroxylamine groups is 1. The molecular weight excluding hydrogens is 106 g/mol. The van der Waals surface area contributed by atoms with Crippen LogP contribution in [0.25, 0.3) is 0 Å². The molecule has 0 unspecified atom stereocenters. The molecule has 0 aliphatic heterocycles. The van der Waals surface area contributed by atoms with Gasteiger partial charge in [-0.3, -0.25) is 0 Å². The van der Waals surface area contributed by atoms with Gasteiger partial charge in [-0.1, -0.05) is 0 Å². The van der Waals surface area contributed by atoms with Crippen LogP contribution in [0.2, 0.25) is 0 Å². The second-order valence-electron chi connectivity index (χ2n) is 2.02. The van der Waals surface area contributed by atoms with Crippen molar-refractivity contribution in [1.29, 1.82) is 0 Å². The predicted molar refractivity (Wildman–Crippen MR) is 31.2 cm³/mol. The maximum atomic E-state index is 4.94. The van der Waals surface area contributed by atoms with E-state index in [9.17, 15) is 0 Å². The van der Waals surface area contributed by atoms with Gasteiger partial charge in [0.05, 0.1) is 7.11 Å². The molecule has 3 heteroatoms. The van der Waals surface area contributed by atoms with E-state index >= 15 is 0 Å². The quantitative estimate of drug-likeness (QED) is 0.434. The summed E-state index contributed by atoms with van der Waals surface area (Å²) in [6.45, 7) is 3.74. The average molecular weight is 119 g/mol. The van der Waals surface area contributed by atoms with Crippen LogP contribution in [0.5, 0.6) is 0 Å². The minimum Gasteiger partial charge on any atom is -0.362 e.